The molecule has 6 heteroatoms. The Kier molecular flexibility index (Phi) is 41.0. The Labute approximate surface area is 333 Å². The lowest BCUT2D eigenvalue weighted by molar-refractivity contribution is -0.167. The fourth-order valence-electron chi connectivity index (χ4n) is 6.12. The zero-order valence-corrected chi connectivity index (χ0v) is 35.5. The number of hydrogen-bond acceptors (Lipinski definition) is 6. The molecule has 1 unspecified atom stereocenters. The number of rotatable bonds is 40. The molecular formula is C48H84O6. The van der Waals surface area contributed by atoms with E-state index in [-0.39, 0.29) is 31.1 Å². The summed E-state index contributed by atoms with van der Waals surface area (Å²) in [6.45, 7) is 6.43. The molecule has 6 nitrogen and oxygen atoms in total. The molecule has 54 heavy (non-hydrogen) atoms. The maximum Gasteiger partial charge on any atom is 0.306 e. The summed E-state index contributed by atoms with van der Waals surface area (Å²) < 4.78 is 16.6. The van der Waals surface area contributed by atoms with Gasteiger partial charge in [0.15, 0.2) is 6.10 Å². The van der Waals surface area contributed by atoms with Crippen molar-refractivity contribution in [2.24, 2.45) is 0 Å². The van der Waals surface area contributed by atoms with Gasteiger partial charge >= 0.3 is 17.9 Å². The molecule has 0 aliphatic rings. The van der Waals surface area contributed by atoms with E-state index in [1.165, 1.54) is 89.9 Å². The van der Waals surface area contributed by atoms with Gasteiger partial charge in [0, 0.05) is 19.3 Å². The topological polar surface area (TPSA) is 78.9 Å². The molecule has 0 aromatic carbocycles. The molecule has 0 fully saturated rings. The fraction of sp³-hybridized carbons (Fsp3) is 0.771. The second-order valence-corrected chi connectivity index (χ2v) is 14.9. The molecule has 0 aromatic rings. The van der Waals surface area contributed by atoms with Crippen LogP contribution in [-0.2, 0) is 28.6 Å². The van der Waals surface area contributed by atoms with Crippen LogP contribution < -0.4 is 0 Å². The predicted octanol–water partition coefficient (Wildman–Crippen LogP) is 14.4. The van der Waals surface area contributed by atoms with Gasteiger partial charge in [-0.3, -0.25) is 14.4 Å². The van der Waals surface area contributed by atoms with E-state index in [1.807, 2.05) is 0 Å². The van der Waals surface area contributed by atoms with Crippen molar-refractivity contribution in [2.75, 3.05) is 13.2 Å². The minimum absolute atomic E-state index is 0.0919. The lowest BCUT2D eigenvalue weighted by Gasteiger charge is -2.18. The van der Waals surface area contributed by atoms with Gasteiger partial charge < -0.3 is 14.2 Å². The molecule has 0 aliphatic carbocycles. The second-order valence-electron chi connectivity index (χ2n) is 14.9. The van der Waals surface area contributed by atoms with Gasteiger partial charge in [-0.05, 0) is 89.9 Å². The van der Waals surface area contributed by atoms with Crippen LogP contribution in [0.3, 0.4) is 0 Å². The molecule has 0 aromatic heterocycles. The van der Waals surface area contributed by atoms with Crippen molar-refractivity contribution in [3.63, 3.8) is 0 Å². The summed E-state index contributed by atoms with van der Waals surface area (Å²) in [4.78, 5) is 37.6. The number of esters is 3. The van der Waals surface area contributed by atoms with Crippen molar-refractivity contribution < 1.29 is 28.6 Å². The Morgan fingerprint density at radius 3 is 1.24 bits per heavy atom. The van der Waals surface area contributed by atoms with E-state index in [4.69, 9.17) is 14.2 Å². The van der Waals surface area contributed by atoms with Gasteiger partial charge in [0.05, 0.1) is 0 Å². The summed E-state index contributed by atoms with van der Waals surface area (Å²) >= 11 is 0. The minimum atomic E-state index is -0.791. The monoisotopic (exact) mass is 757 g/mol. The molecule has 0 N–H and O–H groups in total. The van der Waals surface area contributed by atoms with Crippen LogP contribution in [0, 0.1) is 0 Å². The van der Waals surface area contributed by atoms with Gasteiger partial charge in [-0.25, -0.2) is 0 Å². The quantitative estimate of drug-likeness (QED) is 0.0268. The molecule has 0 spiro atoms. The van der Waals surface area contributed by atoms with Gasteiger partial charge in [0.25, 0.3) is 0 Å². The highest BCUT2D eigenvalue weighted by atomic mass is 16.6. The lowest BCUT2D eigenvalue weighted by Crippen LogP contribution is -2.30. The Morgan fingerprint density at radius 2 is 0.741 bits per heavy atom. The van der Waals surface area contributed by atoms with Crippen molar-refractivity contribution in [3.05, 3.63) is 48.6 Å². The first kappa shape index (κ1) is 51.4. The number of carbonyl (C=O) groups excluding carboxylic acids is 3. The van der Waals surface area contributed by atoms with Crippen LogP contribution in [0.2, 0.25) is 0 Å². The molecule has 0 amide bonds. The molecule has 0 radical (unpaired) electrons. The van der Waals surface area contributed by atoms with Crippen LogP contribution in [0.5, 0.6) is 0 Å². The highest BCUT2D eigenvalue weighted by Crippen LogP contribution is 2.13. The molecule has 0 aliphatic heterocycles. The van der Waals surface area contributed by atoms with Gasteiger partial charge in [-0.1, -0.05) is 159 Å². The summed E-state index contributed by atoms with van der Waals surface area (Å²) in [5, 5.41) is 0. The number of ether oxygens (including phenoxy) is 3. The molecule has 0 bridgehead atoms. The number of allylic oxidation sites excluding steroid dienone is 8. The van der Waals surface area contributed by atoms with Gasteiger partial charge in [-0.2, -0.15) is 0 Å². The van der Waals surface area contributed by atoms with Crippen molar-refractivity contribution in [3.8, 4) is 0 Å². The van der Waals surface area contributed by atoms with Crippen molar-refractivity contribution in [2.45, 2.75) is 226 Å². The Morgan fingerprint density at radius 1 is 0.389 bits per heavy atom. The fourth-order valence-corrected chi connectivity index (χ4v) is 6.12. The standard InChI is InChI=1S/C48H84O6/c1-4-7-10-13-16-19-21-23-25-26-29-32-35-38-41-47(50)53-44-45(43-52-46(49)40-37-34-31-28-18-15-12-9-6-3)54-48(51)42-39-36-33-30-27-24-22-20-17-14-11-8-5-2/h7,10,16,19,24,27-28,31,45H,4-6,8-9,11-15,17-18,20-23,25-26,29-30,32-44H2,1-3H3/b10-7-,19-16-,27-24-,31-28-. The summed E-state index contributed by atoms with van der Waals surface area (Å²) in [5.41, 5.74) is 0. The van der Waals surface area contributed by atoms with Crippen molar-refractivity contribution in [1.29, 1.82) is 0 Å². The zero-order chi connectivity index (χ0) is 39.4. The van der Waals surface area contributed by atoms with Crippen LogP contribution in [0.15, 0.2) is 48.6 Å². The lowest BCUT2D eigenvalue weighted by atomic mass is 10.1. The maximum atomic E-state index is 12.7. The number of carbonyl (C=O) groups is 3. The average molecular weight is 757 g/mol. The number of unbranched alkanes of at least 4 members (excludes halogenated alkanes) is 21. The van der Waals surface area contributed by atoms with Crippen LogP contribution >= 0.6 is 0 Å². The van der Waals surface area contributed by atoms with Crippen LogP contribution in [-0.4, -0.2) is 37.2 Å². The van der Waals surface area contributed by atoms with Gasteiger partial charge in [-0.15, -0.1) is 0 Å². The highest BCUT2D eigenvalue weighted by molar-refractivity contribution is 5.71. The minimum Gasteiger partial charge on any atom is -0.462 e. The average Bonchev–Trinajstić information content (AvgIpc) is 3.17. The SMILES string of the molecule is CC/C=C\C/C=C\CCCCCCCCCC(=O)OCC(COC(=O)CCC/C=C\CCCCCC)OC(=O)CCCCC/C=C\CCCCCCCC. The van der Waals surface area contributed by atoms with E-state index in [1.54, 1.807) is 0 Å². The van der Waals surface area contributed by atoms with Crippen molar-refractivity contribution >= 4 is 17.9 Å². The Bertz CT molecular complexity index is 964. The molecule has 0 heterocycles. The first-order valence-corrected chi connectivity index (χ1v) is 22.6. The van der Waals surface area contributed by atoms with E-state index in [0.29, 0.717) is 25.7 Å². The van der Waals surface area contributed by atoms with Crippen LogP contribution in [0.25, 0.3) is 0 Å². The van der Waals surface area contributed by atoms with E-state index < -0.39 is 6.10 Å². The Balaban J connectivity index is 4.41. The highest BCUT2D eigenvalue weighted by Gasteiger charge is 2.19. The Hall–Kier alpha value is -2.63. The van der Waals surface area contributed by atoms with E-state index in [9.17, 15) is 14.4 Å². The first-order valence-electron chi connectivity index (χ1n) is 22.6. The van der Waals surface area contributed by atoms with Gasteiger partial charge in [0.1, 0.15) is 13.2 Å². The van der Waals surface area contributed by atoms with E-state index in [2.05, 4.69) is 69.4 Å². The molecule has 312 valence electrons. The van der Waals surface area contributed by atoms with Crippen LogP contribution in [0.4, 0.5) is 0 Å². The van der Waals surface area contributed by atoms with E-state index in [0.717, 1.165) is 83.5 Å². The predicted molar refractivity (Wildman–Crippen MR) is 229 cm³/mol. The van der Waals surface area contributed by atoms with Gasteiger partial charge in [0.2, 0.25) is 0 Å². The molecule has 0 rings (SSSR count). The second kappa shape index (κ2) is 43.1. The maximum absolute atomic E-state index is 12.7. The third-order valence-electron chi connectivity index (χ3n) is 9.54. The van der Waals surface area contributed by atoms with E-state index >= 15 is 0 Å². The zero-order valence-electron chi connectivity index (χ0n) is 35.5. The molecule has 0 saturated heterocycles. The molecule has 1 atom stereocenters. The normalized spacial score (nSPS) is 12.4. The molecular weight excluding hydrogens is 673 g/mol. The summed E-state index contributed by atoms with van der Waals surface area (Å²) in [6.07, 6.45) is 49.6. The summed E-state index contributed by atoms with van der Waals surface area (Å²) in [7, 11) is 0. The summed E-state index contributed by atoms with van der Waals surface area (Å²) in [6, 6.07) is 0. The first-order chi connectivity index (χ1) is 26.5. The third-order valence-corrected chi connectivity index (χ3v) is 9.54. The molecule has 0 saturated carbocycles. The summed E-state index contributed by atoms with van der Waals surface area (Å²) in [5.74, 6) is -0.955. The number of hydrogen-bond donors (Lipinski definition) is 0. The third kappa shape index (κ3) is 40.6. The van der Waals surface area contributed by atoms with Crippen molar-refractivity contribution in [1.82, 2.24) is 0 Å². The smallest absolute Gasteiger partial charge is 0.306 e. The largest absolute Gasteiger partial charge is 0.462 e. The van der Waals surface area contributed by atoms with Crippen LogP contribution in [0.1, 0.15) is 220 Å².